The number of rotatable bonds is 2. The molecule has 0 bridgehead atoms. The lowest BCUT2D eigenvalue weighted by atomic mass is 10.1. The summed E-state index contributed by atoms with van der Waals surface area (Å²) in [6.45, 7) is 2.46. The minimum absolute atomic E-state index is 0.391. The first-order chi connectivity index (χ1) is 10.3. The average molecular weight is 272 g/mol. The Kier molecular flexibility index (Phi) is 3.89. The Bertz CT molecular complexity index is 799. The lowest BCUT2D eigenvalue weighted by molar-refractivity contribution is 0.375. The maximum atomic E-state index is 5.79. The second-order valence-corrected chi connectivity index (χ2v) is 4.93. The van der Waals surface area contributed by atoms with Gasteiger partial charge in [0.25, 0.3) is 0 Å². The van der Waals surface area contributed by atoms with Gasteiger partial charge in [0.05, 0.1) is 0 Å². The Balaban J connectivity index is 1.71. The zero-order valence-corrected chi connectivity index (χ0v) is 12.0. The van der Waals surface area contributed by atoms with Crippen LogP contribution in [0, 0.1) is 18.8 Å². The minimum Gasteiger partial charge on any atom is -0.480 e. The molecule has 0 spiro atoms. The lowest BCUT2D eigenvalue weighted by Gasteiger charge is -2.06. The summed E-state index contributed by atoms with van der Waals surface area (Å²) in [5, 5.41) is 2.30. The van der Waals surface area contributed by atoms with Gasteiger partial charge >= 0.3 is 0 Å². The normalized spacial score (nSPS) is 9.95. The molecule has 0 N–H and O–H groups in total. The van der Waals surface area contributed by atoms with Gasteiger partial charge in [-0.25, -0.2) is 0 Å². The molecule has 0 heterocycles. The Morgan fingerprint density at radius 1 is 0.857 bits per heavy atom. The maximum Gasteiger partial charge on any atom is 0.149 e. The summed E-state index contributed by atoms with van der Waals surface area (Å²) in [4.78, 5) is 0. The van der Waals surface area contributed by atoms with E-state index in [0.29, 0.717) is 6.61 Å². The quantitative estimate of drug-likeness (QED) is 0.620. The fourth-order valence-electron chi connectivity index (χ4n) is 2.21. The summed E-state index contributed by atoms with van der Waals surface area (Å²) in [7, 11) is 0. The first kappa shape index (κ1) is 13.3. The standard InChI is InChI=1S/C20H16O/c1-16-11-13-17(14-12-16)6-5-15-21-20-10-4-8-18-7-2-3-9-19(18)20/h2-4,7-14H,15H2,1H3. The monoisotopic (exact) mass is 272 g/mol. The van der Waals surface area contributed by atoms with Crippen molar-refractivity contribution in [2.75, 3.05) is 6.61 Å². The van der Waals surface area contributed by atoms with E-state index in [1.165, 1.54) is 10.9 Å². The van der Waals surface area contributed by atoms with E-state index in [1.807, 2.05) is 36.4 Å². The van der Waals surface area contributed by atoms with Crippen molar-refractivity contribution >= 4 is 10.8 Å². The van der Waals surface area contributed by atoms with Crippen LogP contribution >= 0.6 is 0 Å². The Hall–Kier alpha value is -2.72. The minimum atomic E-state index is 0.391. The average Bonchev–Trinajstić information content (AvgIpc) is 2.53. The van der Waals surface area contributed by atoms with E-state index in [9.17, 15) is 0 Å². The highest BCUT2D eigenvalue weighted by Crippen LogP contribution is 2.24. The maximum absolute atomic E-state index is 5.79. The Morgan fingerprint density at radius 2 is 1.62 bits per heavy atom. The molecule has 0 saturated carbocycles. The molecule has 1 heteroatoms. The first-order valence-electron chi connectivity index (χ1n) is 6.99. The number of fused-ring (bicyclic) bond motifs is 1. The second kappa shape index (κ2) is 6.15. The molecule has 0 aliphatic rings. The van der Waals surface area contributed by atoms with Crippen LogP contribution in [0.1, 0.15) is 11.1 Å². The SMILES string of the molecule is Cc1ccc(C#CCOc2cccc3ccccc23)cc1. The summed E-state index contributed by atoms with van der Waals surface area (Å²) in [6, 6.07) is 22.5. The third kappa shape index (κ3) is 3.24. The molecule has 0 aliphatic heterocycles. The molecule has 3 rings (SSSR count). The van der Waals surface area contributed by atoms with Crippen LogP contribution in [0.4, 0.5) is 0 Å². The molecule has 0 amide bonds. The van der Waals surface area contributed by atoms with E-state index in [4.69, 9.17) is 4.74 Å². The molecule has 102 valence electrons. The van der Waals surface area contributed by atoms with E-state index in [1.54, 1.807) is 0 Å². The van der Waals surface area contributed by atoms with Gasteiger partial charge in [-0.1, -0.05) is 65.9 Å². The van der Waals surface area contributed by atoms with Crippen molar-refractivity contribution in [1.82, 2.24) is 0 Å². The number of hydrogen-bond acceptors (Lipinski definition) is 1. The predicted molar refractivity (Wildman–Crippen MR) is 87.5 cm³/mol. The number of aryl methyl sites for hydroxylation is 1. The number of benzene rings is 3. The number of ether oxygens (including phenoxy) is 1. The van der Waals surface area contributed by atoms with Crippen LogP contribution in [0.3, 0.4) is 0 Å². The molecule has 21 heavy (non-hydrogen) atoms. The van der Waals surface area contributed by atoms with E-state index < -0.39 is 0 Å². The molecular formula is C20H16O. The molecule has 0 aromatic heterocycles. The highest BCUT2D eigenvalue weighted by Gasteiger charge is 1.99. The van der Waals surface area contributed by atoms with E-state index in [0.717, 1.165) is 16.7 Å². The van der Waals surface area contributed by atoms with Crippen molar-refractivity contribution in [2.24, 2.45) is 0 Å². The molecule has 3 aromatic carbocycles. The van der Waals surface area contributed by atoms with E-state index in [-0.39, 0.29) is 0 Å². The van der Waals surface area contributed by atoms with Crippen LogP contribution in [0.25, 0.3) is 10.8 Å². The summed E-state index contributed by atoms with van der Waals surface area (Å²) >= 11 is 0. The fraction of sp³-hybridized carbons (Fsp3) is 0.100. The fourth-order valence-corrected chi connectivity index (χ4v) is 2.21. The van der Waals surface area contributed by atoms with E-state index >= 15 is 0 Å². The summed E-state index contributed by atoms with van der Waals surface area (Å²) in [5.74, 6) is 7.06. The summed E-state index contributed by atoms with van der Waals surface area (Å²) in [6.07, 6.45) is 0. The molecular weight excluding hydrogens is 256 g/mol. The van der Waals surface area contributed by atoms with E-state index in [2.05, 4.69) is 49.1 Å². The zero-order valence-electron chi connectivity index (χ0n) is 12.0. The molecule has 1 nitrogen and oxygen atoms in total. The second-order valence-electron chi connectivity index (χ2n) is 4.93. The van der Waals surface area contributed by atoms with Crippen molar-refractivity contribution in [2.45, 2.75) is 6.92 Å². The van der Waals surface area contributed by atoms with Gasteiger partial charge in [-0.2, -0.15) is 0 Å². The molecule has 0 atom stereocenters. The topological polar surface area (TPSA) is 9.23 Å². The number of hydrogen-bond donors (Lipinski definition) is 0. The highest BCUT2D eigenvalue weighted by atomic mass is 16.5. The highest BCUT2D eigenvalue weighted by molar-refractivity contribution is 5.88. The first-order valence-corrected chi connectivity index (χ1v) is 6.99. The van der Waals surface area contributed by atoms with Crippen LogP contribution in [0.5, 0.6) is 5.75 Å². The van der Waals surface area contributed by atoms with Crippen molar-refractivity contribution in [3.05, 3.63) is 77.9 Å². The largest absolute Gasteiger partial charge is 0.480 e. The van der Waals surface area contributed by atoms with Gasteiger partial charge < -0.3 is 4.74 Å². The predicted octanol–water partition coefficient (Wildman–Crippen LogP) is 4.58. The third-order valence-electron chi connectivity index (χ3n) is 3.33. The summed E-state index contributed by atoms with van der Waals surface area (Å²) in [5.41, 5.74) is 2.26. The smallest absolute Gasteiger partial charge is 0.149 e. The van der Waals surface area contributed by atoms with Gasteiger partial charge in [0.2, 0.25) is 0 Å². The van der Waals surface area contributed by atoms with Gasteiger partial charge in [-0.15, -0.1) is 0 Å². The van der Waals surface area contributed by atoms with Crippen LogP contribution < -0.4 is 4.74 Å². The lowest BCUT2D eigenvalue weighted by Crippen LogP contribution is -1.94. The van der Waals surface area contributed by atoms with Gasteiger partial charge in [0.1, 0.15) is 12.4 Å². The van der Waals surface area contributed by atoms with Crippen LogP contribution in [0.15, 0.2) is 66.7 Å². The van der Waals surface area contributed by atoms with Crippen LogP contribution in [-0.4, -0.2) is 6.61 Å². The van der Waals surface area contributed by atoms with Crippen LogP contribution in [-0.2, 0) is 0 Å². The van der Waals surface area contributed by atoms with Gasteiger partial charge in [-0.05, 0) is 30.5 Å². The van der Waals surface area contributed by atoms with Crippen molar-refractivity contribution in [3.8, 4) is 17.6 Å². The van der Waals surface area contributed by atoms with Crippen molar-refractivity contribution in [1.29, 1.82) is 0 Å². The van der Waals surface area contributed by atoms with Gasteiger partial charge in [0.15, 0.2) is 0 Å². The van der Waals surface area contributed by atoms with Crippen LogP contribution in [0.2, 0.25) is 0 Å². The Labute approximate surface area is 125 Å². The molecule has 0 aliphatic carbocycles. The molecule has 0 fully saturated rings. The van der Waals surface area contributed by atoms with Crippen molar-refractivity contribution < 1.29 is 4.74 Å². The van der Waals surface area contributed by atoms with Crippen molar-refractivity contribution in [3.63, 3.8) is 0 Å². The third-order valence-corrected chi connectivity index (χ3v) is 3.33. The Morgan fingerprint density at radius 3 is 2.48 bits per heavy atom. The van der Waals surface area contributed by atoms with Gasteiger partial charge in [-0.3, -0.25) is 0 Å². The molecule has 0 radical (unpaired) electrons. The molecule has 3 aromatic rings. The van der Waals surface area contributed by atoms with Gasteiger partial charge in [0, 0.05) is 10.9 Å². The zero-order chi connectivity index (χ0) is 14.5. The molecule has 0 saturated heterocycles. The molecule has 0 unspecified atom stereocenters. The summed E-state index contributed by atoms with van der Waals surface area (Å²) < 4.78 is 5.79.